The molecule has 0 spiro atoms. The summed E-state index contributed by atoms with van der Waals surface area (Å²) in [5.74, 6) is 0.614. The van der Waals surface area contributed by atoms with Crippen LogP contribution in [0.3, 0.4) is 0 Å². The summed E-state index contributed by atoms with van der Waals surface area (Å²) in [7, 11) is 0. The van der Waals surface area contributed by atoms with Crippen LogP contribution in [-0.4, -0.2) is 11.6 Å². The van der Waals surface area contributed by atoms with Gasteiger partial charge < -0.3 is 4.42 Å². The standard InChI is InChI=1S/C20H20O3/c1-11-7-12(2)18(13(3)8-11)19-17(21)10-15(20(19)22)9-16-6-5-14(4)23-16/h5-9,19H,10H2,1-4H3/b15-9+. The topological polar surface area (TPSA) is 47.3 Å². The average Bonchev–Trinajstić information content (AvgIpc) is 2.96. The number of allylic oxidation sites excluding steroid dienone is 1. The molecule has 1 saturated carbocycles. The molecule has 1 unspecified atom stereocenters. The minimum absolute atomic E-state index is 0.0282. The molecule has 0 bridgehead atoms. The summed E-state index contributed by atoms with van der Waals surface area (Å²) in [5, 5.41) is 0. The Morgan fingerprint density at radius 1 is 1.04 bits per heavy atom. The van der Waals surface area contributed by atoms with Gasteiger partial charge in [0.2, 0.25) is 0 Å². The highest BCUT2D eigenvalue weighted by Gasteiger charge is 2.39. The van der Waals surface area contributed by atoms with Crippen molar-refractivity contribution in [2.75, 3.05) is 0 Å². The highest BCUT2D eigenvalue weighted by molar-refractivity contribution is 6.24. The monoisotopic (exact) mass is 308 g/mol. The Bertz CT molecular complexity index is 813. The molecule has 1 aromatic carbocycles. The smallest absolute Gasteiger partial charge is 0.174 e. The van der Waals surface area contributed by atoms with E-state index >= 15 is 0 Å². The van der Waals surface area contributed by atoms with Crippen molar-refractivity contribution in [1.29, 1.82) is 0 Å². The Morgan fingerprint density at radius 2 is 1.70 bits per heavy atom. The van der Waals surface area contributed by atoms with Gasteiger partial charge in [0.1, 0.15) is 17.4 Å². The molecule has 0 amide bonds. The summed E-state index contributed by atoms with van der Waals surface area (Å²) in [6.07, 6.45) is 1.88. The van der Waals surface area contributed by atoms with Crippen molar-refractivity contribution in [2.45, 2.75) is 40.0 Å². The molecule has 0 aliphatic heterocycles. The van der Waals surface area contributed by atoms with E-state index < -0.39 is 5.92 Å². The molecule has 1 aromatic heterocycles. The Hall–Kier alpha value is -2.42. The van der Waals surface area contributed by atoms with Gasteiger partial charge in [-0.2, -0.15) is 0 Å². The average molecular weight is 308 g/mol. The summed E-state index contributed by atoms with van der Waals surface area (Å²) in [6, 6.07) is 7.72. The van der Waals surface area contributed by atoms with E-state index in [0.29, 0.717) is 11.3 Å². The van der Waals surface area contributed by atoms with Crippen molar-refractivity contribution in [3.8, 4) is 0 Å². The first-order valence-corrected chi connectivity index (χ1v) is 7.78. The number of Topliss-reactive ketones (excluding diaryl/α,β-unsaturated/α-hetero) is 2. The maximum absolute atomic E-state index is 12.8. The number of hydrogen-bond acceptors (Lipinski definition) is 3. The lowest BCUT2D eigenvalue weighted by molar-refractivity contribution is -0.123. The van der Waals surface area contributed by atoms with Crippen LogP contribution in [0.2, 0.25) is 0 Å². The first-order chi connectivity index (χ1) is 10.9. The molecule has 1 atom stereocenters. The predicted molar refractivity (Wildman–Crippen MR) is 89.4 cm³/mol. The summed E-state index contributed by atoms with van der Waals surface area (Å²) in [6.45, 7) is 7.80. The summed E-state index contributed by atoms with van der Waals surface area (Å²) < 4.78 is 5.49. The molecule has 3 heteroatoms. The molecule has 1 heterocycles. The van der Waals surface area contributed by atoms with E-state index in [2.05, 4.69) is 0 Å². The van der Waals surface area contributed by atoms with E-state index in [1.54, 1.807) is 6.08 Å². The van der Waals surface area contributed by atoms with Crippen LogP contribution in [0.15, 0.2) is 34.3 Å². The van der Waals surface area contributed by atoms with Gasteiger partial charge in [0.05, 0.1) is 0 Å². The van der Waals surface area contributed by atoms with E-state index in [9.17, 15) is 9.59 Å². The fourth-order valence-electron chi connectivity index (χ4n) is 3.47. The van der Waals surface area contributed by atoms with Gasteiger partial charge in [-0.15, -0.1) is 0 Å². The molecular formula is C20H20O3. The summed E-state index contributed by atoms with van der Waals surface area (Å²) >= 11 is 0. The van der Waals surface area contributed by atoms with Gasteiger partial charge in [-0.25, -0.2) is 0 Å². The second-order valence-electron chi connectivity index (χ2n) is 6.37. The number of benzene rings is 1. The summed E-state index contributed by atoms with van der Waals surface area (Å²) in [4.78, 5) is 25.3. The second-order valence-corrected chi connectivity index (χ2v) is 6.37. The zero-order valence-electron chi connectivity index (χ0n) is 13.9. The van der Waals surface area contributed by atoms with E-state index in [-0.39, 0.29) is 18.0 Å². The fourth-order valence-corrected chi connectivity index (χ4v) is 3.47. The third-order valence-corrected chi connectivity index (χ3v) is 4.37. The highest BCUT2D eigenvalue weighted by Crippen LogP contribution is 2.36. The molecule has 3 nitrogen and oxygen atoms in total. The third kappa shape index (κ3) is 2.79. The Kier molecular flexibility index (Phi) is 3.80. The molecule has 1 aliphatic rings. The quantitative estimate of drug-likeness (QED) is 0.616. The molecule has 1 aliphatic carbocycles. The Labute approximate surface area is 136 Å². The molecule has 118 valence electrons. The first kappa shape index (κ1) is 15.5. The van der Waals surface area contributed by atoms with Crippen LogP contribution in [0.4, 0.5) is 0 Å². The zero-order valence-corrected chi connectivity index (χ0v) is 13.9. The van der Waals surface area contributed by atoms with Gasteiger partial charge >= 0.3 is 0 Å². The van der Waals surface area contributed by atoms with Crippen molar-refractivity contribution >= 4 is 17.6 Å². The van der Waals surface area contributed by atoms with Gasteiger partial charge in [-0.1, -0.05) is 17.7 Å². The van der Waals surface area contributed by atoms with Crippen LogP contribution < -0.4 is 0 Å². The minimum atomic E-state index is -0.669. The van der Waals surface area contributed by atoms with Gasteiger partial charge in [0.25, 0.3) is 0 Å². The Balaban J connectivity index is 2.01. The molecule has 0 saturated heterocycles. The van der Waals surface area contributed by atoms with Gasteiger partial charge in [-0.3, -0.25) is 9.59 Å². The number of aryl methyl sites for hydroxylation is 4. The number of rotatable bonds is 2. The van der Waals surface area contributed by atoms with Gasteiger partial charge in [-0.05, 0) is 62.6 Å². The normalized spacial score (nSPS) is 19.8. The SMILES string of the molecule is Cc1cc(C)c(C2C(=O)C/C(=C\c3ccc(C)o3)C2=O)c(C)c1. The first-order valence-electron chi connectivity index (χ1n) is 7.78. The number of hydrogen-bond donors (Lipinski definition) is 0. The van der Waals surface area contributed by atoms with Gasteiger partial charge in [0.15, 0.2) is 11.6 Å². The molecule has 0 radical (unpaired) electrons. The van der Waals surface area contributed by atoms with Crippen LogP contribution in [0.1, 0.15) is 46.1 Å². The van der Waals surface area contributed by atoms with E-state index in [1.165, 1.54) is 0 Å². The number of carbonyl (C=O) groups excluding carboxylic acids is 2. The van der Waals surface area contributed by atoms with E-state index in [0.717, 1.165) is 28.0 Å². The largest absolute Gasteiger partial charge is 0.462 e. The molecule has 2 aromatic rings. The second kappa shape index (κ2) is 5.65. The van der Waals surface area contributed by atoms with Crippen molar-refractivity contribution < 1.29 is 14.0 Å². The maximum atomic E-state index is 12.8. The van der Waals surface area contributed by atoms with Crippen molar-refractivity contribution in [3.63, 3.8) is 0 Å². The molecular weight excluding hydrogens is 288 g/mol. The molecule has 23 heavy (non-hydrogen) atoms. The van der Waals surface area contributed by atoms with Crippen LogP contribution in [0.5, 0.6) is 0 Å². The predicted octanol–water partition coefficient (Wildman–Crippen LogP) is 4.22. The maximum Gasteiger partial charge on any atom is 0.174 e. The minimum Gasteiger partial charge on any atom is -0.462 e. The van der Waals surface area contributed by atoms with E-state index in [1.807, 2.05) is 52.0 Å². The summed E-state index contributed by atoms with van der Waals surface area (Å²) in [5.41, 5.74) is 4.55. The molecule has 0 N–H and O–H groups in total. The zero-order chi connectivity index (χ0) is 16.7. The number of ketones is 2. The highest BCUT2D eigenvalue weighted by atomic mass is 16.3. The van der Waals surface area contributed by atoms with Gasteiger partial charge in [0, 0.05) is 12.0 Å². The van der Waals surface area contributed by atoms with Crippen molar-refractivity contribution in [2.24, 2.45) is 0 Å². The van der Waals surface area contributed by atoms with Crippen LogP contribution >= 0.6 is 0 Å². The molecule has 3 rings (SSSR count). The van der Waals surface area contributed by atoms with Crippen LogP contribution in [0.25, 0.3) is 6.08 Å². The van der Waals surface area contributed by atoms with Crippen LogP contribution in [-0.2, 0) is 9.59 Å². The fraction of sp³-hybridized carbons (Fsp3) is 0.300. The lowest BCUT2D eigenvalue weighted by Gasteiger charge is -2.15. The molecule has 1 fully saturated rings. The van der Waals surface area contributed by atoms with E-state index in [4.69, 9.17) is 4.42 Å². The number of carbonyl (C=O) groups is 2. The van der Waals surface area contributed by atoms with Crippen molar-refractivity contribution in [1.82, 2.24) is 0 Å². The lowest BCUT2D eigenvalue weighted by atomic mass is 9.87. The van der Waals surface area contributed by atoms with Crippen LogP contribution in [0, 0.1) is 27.7 Å². The third-order valence-electron chi connectivity index (χ3n) is 4.37. The number of furan rings is 1. The lowest BCUT2D eigenvalue weighted by Crippen LogP contribution is -2.15. The Morgan fingerprint density at radius 3 is 2.26 bits per heavy atom. The van der Waals surface area contributed by atoms with Crippen molar-refractivity contribution in [3.05, 3.63) is 63.6 Å².